The molecule has 0 aliphatic carbocycles. The second-order valence-corrected chi connectivity index (χ2v) is 6.39. The first kappa shape index (κ1) is 15.6. The van der Waals surface area contributed by atoms with Crippen molar-refractivity contribution in [3.8, 4) is 6.07 Å². The van der Waals surface area contributed by atoms with Gasteiger partial charge in [-0.25, -0.2) is 0 Å². The minimum Gasteiger partial charge on any atom is -0.316 e. The molecule has 0 fully saturated rings. The van der Waals surface area contributed by atoms with Gasteiger partial charge in [0.15, 0.2) is 5.78 Å². The van der Waals surface area contributed by atoms with Crippen LogP contribution < -0.4 is 0 Å². The molecule has 2 aromatic heterocycles. The molecule has 4 aromatic rings. The van der Waals surface area contributed by atoms with Gasteiger partial charge >= 0.3 is 0 Å². The van der Waals surface area contributed by atoms with Crippen molar-refractivity contribution in [1.82, 2.24) is 4.40 Å². The third-order valence-corrected chi connectivity index (χ3v) is 4.98. The van der Waals surface area contributed by atoms with Crippen molar-refractivity contribution in [2.24, 2.45) is 0 Å². The Balaban J connectivity index is 2.07. The van der Waals surface area contributed by atoms with Gasteiger partial charge in [0, 0.05) is 33.6 Å². The molecule has 0 spiro atoms. The maximum Gasteiger partial charge on any atom is 0.195 e. The highest BCUT2D eigenvalue weighted by Crippen LogP contribution is 2.27. The molecular weight excluding hydrogens is 376 g/mol. The number of hydrogen-bond donors (Lipinski definition) is 0. The number of ketones is 1. The Hall–Kier alpha value is -2.90. The Morgan fingerprint density at radius 2 is 1.88 bits per heavy atom. The van der Waals surface area contributed by atoms with E-state index in [4.69, 9.17) is 0 Å². The van der Waals surface area contributed by atoms with Crippen molar-refractivity contribution in [3.05, 3.63) is 89.1 Å². The fourth-order valence-corrected chi connectivity index (χ4v) is 3.69. The summed E-state index contributed by atoms with van der Waals surface area (Å²) < 4.78 is 2.00. The summed E-state index contributed by atoms with van der Waals surface area (Å²) in [5, 5.41) is 10.9. The van der Waals surface area contributed by atoms with Gasteiger partial charge in [-0.1, -0.05) is 46.3 Å². The second kappa shape index (κ2) is 6.19. The molecule has 25 heavy (non-hydrogen) atoms. The highest BCUT2D eigenvalue weighted by Gasteiger charge is 2.18. The lowest BCUT2D eigenvalue weighted by Gasteiger charge is -2.12. The van der Waals surface area contributed by atoms with Crippen LogP contribution in [0.5, 0.6) is 0 Å². The van der Waals surface area contributed by atoms with Crippen LogP contribution in [0.2, 0.25) is 0 Å². The number of carbonyl (C=O) groups is 1. The zero-order chi connectivity index (χ0) is 17.4. The van der Waals surface area contributed by atoms with Crippen LogP contribution in [-0.2, 0) is 5.33 Å². The van der Waals surface area contributed by atoms with Gasteiger partial charge in [-0.2, -0.15) is 5.26 Å². The molecule has 0 saturated carbocycles. The Labute approximate surface area is 153 Å². The quantitative estimate of drug-likeness (QED) is 0.362. The van der Waals surface area contributed by atoms with Crippen LogP contribution in [-0.4, -0.2) is 10.2 Å². The third kappa shape index (κ3) is 2.54. The number of rotatable bonds is 3. The summed E-state index contributed by atoms with van der Waals surface area (Å²) in [6, 6.07) is 21.1. The highest BCUT2D eigenvalue weighted by molar-refractivity contribution is 9.08. The van der Waals surface area contributed by atoms with Crippen LogP contribution in [0.15, 0.2) is 66.9 Å². The van der Waals surface area contributed by atoms with E-state index in [-0.39, 0.29) is 5.78 Å². The van der Waals surface area contributed by atoms with Crippen molar-refractivity contribution in [2.45, 2.75) is 5.33 Å². The number of carbonyl (C=O) groups excluding carboxylic acids is 1. The molecule has 2 aromatic carbocycles. The number of pyridine rings is 1. The van der Waals surface area contributed by atoms with Crippen molar-refractivity contribution >= 4 is 38.1 Å². The largest absolute Gasteiger partial charge is 0.316 e. The standard InChI is InChI=1S/C21H13BrN2O/c22-12-16-4-1-2-6-18(16)21(25)19-11-14(13-23)10-15-7-8-17-5-3-9-24(17)20(15)19/h1-11H,12H2. The number of nitriles is 1. The fraction of sp³-hybridized carbons (Fsp3) is 0.0476. The van der Waals surface area contributed by atoms with Gasteiger partial charge in [-0.3, -0.25) is 4.79 Å². The number of nitrogens with zero attached hydrogens (tertiary/aromatic N) is 2. The predicted molar refractivity (Wildman–Crippen MR) is 102 cm³/mol. The van der Waals surface area contributed by atoms with E-state index in [0.717, 1.165) is 22.0 Å². The first-order valence-corrected chi connectivity index (χ1v) is 8.97. The lowest BCUT2D eigenvalue weighted by molar-refractivity contribution is 0.103. The molecule has 4 rings (SSSR count). The Bertz CT molecular complexity index is 1170. The molecule has 0 saturated heterocycles. The third-order valence-electron chi connectivity index (χ3n) is 4.37. The minimum atomic E-state index is -0.0710. The van der Waals surface area contributed by atoms with E-state index in [0.29, 0.717) is 22.0 Å². The molecule has 120 valence electrons. The number of aromatic nitrogens is 1. The number of fused-ring (bicyclic) bond motifs is 3. The van der Waals surface area contributed by atoms with Gasteiger partial charge in [-0.15, -0.1) is 0 Å². The average molecular weight is 389 g/mol. The monoisotopic (exact) mass is 388 g/mol. The minimum absolute atomic E-state index is 0.0710. The van der Waals surface area contributed by atoms with Crippen LogP contribution in [0, 0.1) is 11.3 Å². The average Bonchev–Trinajstić information content (AvgIpc) is 3.15. The Morgan fingerprint density at radius 3 is 2.68 bits per heavy atom. The van der Waals surface area contributed by atoms with E-state index in [1.165, 1.54) is 0 Å². The first-order valence-electron chi connectivity index (χ1n) is 7.85. The van der Waals surface area contributed by atoms with Crippen LogP contribution in [0.1, 0.15) is 27.0 Å². The second-order valence-electron chi connectivity index (χ2n) is 5.83. The van der Waals surface area contributed by atoms with Gasteiger partial charge in [0.25, 0.3) is 0 Å². The molecule has 0 bridgehead atoms. The molecule has 0 unspecified atom stereocenters. The van der Waals surface area contributed by atoms with Crippen molar-refractivity contribution < 1.29 is 4.79 Å². The van der Waals surface area contributed by atoms with Crippen LogP contribution >= 0.6 is 15.9 Å². The highest BCUT2D eigenvalue weighted by atomic mass is 79.9. The Morgan fingerprint density at radius 1 is 1.04 bits per heavy atom. The van der Waals surface area contributed by atoms with Crippen molar-refractivity contribution in [3.63, 3.8) is 0 Å². The Kier molecular flexibility index (Phi) is 3.87. The van der Waals surface area contributed by atoms with E-state index in [1.54, 1.807) is 6.07 Å². The van der Waals surface area contributed by atoms with Crippen molar-refractivity contribution in [1.29, 1.82) is 5.26 Å². The number of alkyl halides is 1. The van der Waals surface area contributed by atoms with Crippen LogP contribution in [0.25, 0.3) is 16.4 Å². The summed E-state index contributed by atoms with van der Waals surface area (Å²) in [4.78, 5) is 13.3. The van der Waals surface area contributed by atoms with Crippen molar-refractivity contribution in [2.75, 3.05) is 0 Å². The number of halogens is 1. The lowest BCUT2D eigenvalue weighted by atomic mass is 9.95. The van der Waals surface area contributed by atoms with E-state index in [1.807, 2.05) is 65.2 Å². The zero-order valence-electron chi connectivity index (χ0n) is 13.2. The maximum absolute atomic E-state index is 13.3. The van der Waals surface area contributed by atoms with E-state index in [9.17, 15) is 10.1 Å². The lowest BCUT2D eigenvalue weighted by Crippen LogP contribution is -2.07. The molecular formula is C21H13BrN2O. The zero-order valence-corrected chi connectivity index (χ0v) is 14.8. The molecule has 2 heterocycles. The molecule has 0 aliphatic heterocycles. The summed E-state index contributed by atoms with van der Waals surface area (Å²) in [5.41, 5.74) is 4.46. The van der Waals surface area contributed by atoms with Crippen LogP contribution in [0.4, 0.5) is 0 Å². The SMILES string of the molecule is N#Cc1cc(C(=O)c2ccccc2CBr)c2c(ccc3cccn32)c1. The van der Waals surface area contributed by atoms with Gasteiger partial charge in [0.1, 0.15) is 0 Å². The summed E-state index contributed by atoms with van der Waals surface area (Å²) in [7, 11) is 0. The number of benzene rings is 2. The normalized spacial score (nSPS) is 10.9. The molecule has 0 N–H and O–H groups in total. The summed E-state index contributed by atoms with van der Waals surface area (Å²) in [5.74, 6) is -0.0710. The number of hydrogen-bond acceptors (Lipinski definition) is 2. The maximum atomic E-state index is 13.3. The van der Waals surface area contributed by atoms with Gasteiger partial charge in [0.05, 0.1) is 17.1 Å². The van der Waals surface area contributed by atoms with Gasteiger partial charge in [0.2, 0.25) is 0 Å². The summed E-state index contributed by atoms with van der Waals surface area (Å²) >= 11 is 3.45. The van der Waals surface area contributed by atoms with E-state index in [2.05, 4.69) is 22.0 Å². The first-order chi connectivity index (χ1) is 12.2. The molecule has 0 amide bonds. The smallest absolute Gasteiger partial charge is 0.195 e. The predicted octanol–water partition coefficient (Wildman–Crippen LogP) is 5.09. The topological polar surface area (TPSA) is 45.3 Å². The van der Waals surface area contributed by atoms with Gasteiger partial charge < -0.3 is 4.40 Å². The van der Waals surface area contributed by atoms with E-state index < -0.39 is 0 Å². The fourth-order valence-electron chi connectivity index (χ4n) is 3.20. The molecule has 4 heteroatoms. The molecule has 0 radical (unpaired) electrons. The molecule has 3 nitrogen and oxygen atoms in total. The summed E-state index contributed by atoms with van der Waals surface area (Å²) in [6.45, 7) is 0. The van der Waals surface area contributed by atoms with Crippen LogP contribution in [0.3, 0.4) is 0 Å². The molecule has 0 aliphatic rings. The molecule has 0 atom stereocenters. The van der Waals surface area contributed by atoms with Gasteiger partial charge in [-0.05, 0) is 35.9 Å². The van der Waals surface area contributed by atoms with E-state index >= 15 is 0 Å². The summed E-state index contributed by atoms with van der Waals surface area (Å²) in [6.07, 6.45) is 1.94.